The fourth-order valence-electron chi connectivity index (χ4n) is 24.1. The monoisotopic (exact) mass is 1880 g/mol. The van der Waals surface area contributed by atoms with Crippen LogP contribution in [0.5, 0.6) is 23.0 Å². The van der Waals surface area contributed by atoms with Crippen LogP contribution in [0.1, 0.15) is 79.0 Å². The molecule has 698 valence electrons. The summed E-state index contributed by atoms with van der Waals surface area (Å²) in [6.45, 7) is 19.9. The second-order valence-corrected chi connectivity index (χ2v) is 43.3. The number of benzene rings is 21. The molecule has 0 bridgehead atoms. The third-order valence-corrected chi connectivity index (χ3v) is 31.4. The summed E-state index contributed by atoms with van der Waals surface area (Å²) >= 11 is 0. The van der Waals surface area contributed by atoms with Gasteiger partial charge < -0.3 is 29.1 Å². The predicted octanol–water partition coefficient (Wildman–Crippen LogP) is 31.1. The largest absolute Gasteiger partial charge is 0.459 e. The predicted molar refractivity (Wildman–Crippen MR) is 623 cm³/mol. The van der Waals surface area contributed by atoms with Gasteiger partial charge in [0.15, 0.2) is 0 Å². The molecule has 0 atom stereocenters. The molecule has 147 heavy (non-hydrogen) atoms. The van der Waals surface area contributed by atoms with Crippen molar-refractivity contribution in [2.45, 2.75) is 78.6 Å². The highest BCUT2D eigenvalue weighted by molar-refractivity contribution is 7.06. The highest BCUT2D eigenvalue weighted by Gasteiger charge is 2.56. The maximum Gasteiger partial charge on any atom is 0.260 e. The Bertz CT molecular complexity index is 8580. The minimum Gasteiger partial charge on any atom is -0.459 e. The quantitative estimate of drug-likeness (QED) is 0.101. The van der Waals surface area contributed by atoms with Crippen LogP contribution in [0.25, 0.3) is 111 Å². The van der Waals surface area contributed by atoms with Crippen molar-refractivity contribution in [2.75, 3.05) is 19.6 Å². The molecular weight excluding hydrogens is 1780 g/mol. The summed E-state index contributed by atoms with van der Waals surface area (Å²) in [6.07, 6.45) is 0. The van der Waals surface area contributed by atoms with E-state index in [1.165, 1.54) is 27.5 Å². The Morgan fingerprint density at radius 1 is 0.170 bits per heavy atom. The number of anilines is 12. The van der Waals surface area contributed by atoms with Gasteiger partial charge in [-0.3, -0.25) is 0 Å². The first-order valence-electron chi connectivity index (χ1n) is 51.7. The molecular formula is C138H105B3N4O2. The molecule has 0 aromatic heterocycles. The van der Waals surface area contributed by atoms with Crippen LogP contribution in [0, 0.1) is 0 Å². The van der Waals surface area contributed by atoms with Crippen LogP contribution >= 0.6 is 0 Å². The molecule has 21 aromatic carbocycles. The lowest BCUT2D eigenvalue weighted by molar-refractivity contribution is 0.467. The summed E-state index contributed by atoms with van der Waals surface area (Å²) in [5, 5.41) is 0. The maximum absolute atomic E-state index is 8.71. The summed E-state index contributed by atoms with van der Waals surface area (Å²) in [4.78, 5) is 10.9. The lowest BCUT2D eigenvalue weighted by atomic mass is 9.28. The van der Waals surface area contributed by atoms with Crippen LogP contribution in [0.15, 0.2) is 473 Å². The van der Waals surface area contributed by atoms with Crippen molar-refractivity contribution >= 4 is 138 Å². The summed E-state index contributed by atoms with van der Waals surface area (Å²) in [5.74, 6) is 3.06. The molecule has 0 aliphatic carbocycles. The standard InChI is InChI=1S/C138H105B3N4O2/c1-136(2,3)104-80-109(96-52-32-16-33-53-96)132(110(81-104)97-54-34-17-35-55-97)144-119-84-106(138(7,8)9)85-120-127(119)141(130-123(145(120)133-111(98-56-36-18-37-57-98)82-105(137(4,5)6)83-112(133)99-58-38-19-39-59-99)87-126-131-135(130)147-125-75-67-103(93-50-30-15-31-51-93)79-116(125)140(131)115-78-102(66-74-124(115)146-126)92-48-28-14-29-49-92)129-122(144)86-121-128-134(129)143(108-70-62-95(63-71-108)89-42-22-11-23-43-89)118-73-65-101(91-46-26-13-27-47-91)77-114(118)139(128)113-76-100(90-44-24-12-25-45-90)64-72-117(113)142(121)107-68-60-94(61-69-107)88-40-20-10-21-41-88/h10-87H,1-9H3. The molecule has 6 aliphatic heterocycles. The van der Waals surface area contributed by atoms with E-state index < -0.39 is 25.6 Å². The van der Waals surface area contributed by atoms with Crippen molar-refractivity contribution < 1.29 is 9.47 Å². The maximum atomic E-state index is 8.71. The third-order valence-electron chi connectivity index (χ3n) is 31.4. The summed E-state index contributed by atoms with van der Waals surface area (Å²) in [6, 6.07) is 179. The Morgan fingerprint density at radius 3 is 0.796 bits per heavy atom. The average Bonchev–Trinajstić information content (AvgIpc) is 0.658. The van der Waals surface area contributed by atoms with Crippen molar-refractivity contribution in [1.82, 2.24) is 0 Å². The van der Waals surface area contributed by atoms with Crippen LogP contribution in [0.3, 0.4) is 0 Å². The lowest BCUT2D eigenvalue weighted by Crippen LogP contribution is -2.68. The Labute approximate surface area is 863 Å². The second kappa shape index (κ2) is 34.7. The molecule has 0 radical (unpaired) electrons. The van der Waals surface area contributed by atoms with Crippen LogP contribution in [0.4, 0.5) is 68.2 Å². The fourth-order valence-corrected chi connectivity index (χ4v) is 24.1. The molecule has 0 fully saturated rings. The SMILES string of the molecule is CC(C)(C)c1cc(-c2ccccc2)c(N2c3cc(C(C)(C)C)cc4c3B(c3c2cc2c5c3Oc3ccc(-c6ccccc6)cc3B5c3cc(-c5ccccc5)ccc3O2)c2c(cc3c5c2N(c2ccc(-c6ccccc6)cc2)c2ccc(-c6ccccc6)cc2B5c2cc(-c5ccccc5)ccc2N3c2ccc(-c3ccccc3)cc2)N4c2c(-c3ccccc3)cc(C(C)(C)C)cc2-c2ccccc2)c(-c2ccccc2)c1. The van der Waals surface area contributed by atoms with E-state index in [-0.39, 0.29) is 10.8 Å². The van der Waals surface area contributed by atoms with Crippen molar-refractivity contribution in [3.63, 3.8) is 0 Å². The first kappa shape index (κ1) is 88.5. The first-order chi connectivity index (χ1) is 71.8. The minimum atomic E-state index is -0.708. The number of hydrogen-bond donors (Lipinski definition) is 0. The number of rotatable bonds is 14. The number of ether oxygens (including phenoxy) is 2. The van der Waals surface area contributed by atoms with E-state index in [4.69, 9.17) is 9.47 Å². The molecule has 0 saturated carbocycles. The van der Waals surface area contributed by atoms with E-state index >= 15 is 0 Å². The number of nitrogens with zero attached hydrogens (tertiary/aromatic N) is 4. The Kier molecular flexibility index (Phi) is 20.9. The third kappa shape index (κ3) is 14.9. The van der Waals surface area contributed by atoms with Crippen molar-refractivity contribution in [1.29, 1.82) is 0 Å². The highest BCUT2D eigenvalue weighted by Crippen LogP contribution is 2.60. The Balaban J connectivity index is 0.886. The van der Waals surface area contributed by atoms with Gasteiger partial charge in [0.1, 0.15) is 23.0 Å². The van der Waals surface area contributed by atoms with Gasteiger partial charge in [-0.15, -0.1) is 0 Å². The molecule has 21 aromatic rings. The van der Waals surface area contributed by atoms with E-state index in [0.717, 1.165) is 241 Å². The molecule has 0 spiro atoms. The lowest BCUT2D eigenvalue weighted by Gasteiger charge is -2.51. The van der Waals surface area contributed by atoms with Gasteiger partial charge in [-0.05, 0) is 257 Å². The second-order valence-electron chi connectivity index (χ2n) is 43.3. The molecule has 0 amide bonds. The summed E-state index contributed by atoms with van der Waals surface area (Å²) in [5.41, 5.74) is 47.0. The molecule has 27 rings (SSSR count). The molecule has 0 unspecified atom stereocenters. The van der Waals surface area contributed by atoms with Gasteiger partial charge in [-0.25, -0.2) is 0 Å². The van der Waals surface area contributed by atoms with Gasteiger partial charge in [0.25, 0.3) is 20.1 Å². The minimum absolute atomic E-state index is 0.318. The van der Waals surface area contributed by atoms with Crippen molar-refractivity contribution in [3.8, 4) is 134 Å². The first-order valence-corrected chi connectivity index (χ1v) is 51.7. The molecule has 6 heterocycles. The molecule has 0 saturated heterocycles. The van der Waals surface area contributed by atoms with Gasteiger partial charge in [0.05, 0.1) is 11.4 Å². The van der Waals surface area contributed by atoms with E-state index in [0.29, 0.717) is 0 Å². The average molecular weight is 1880 g/mol. The van der Waals surface area contributed by atoms with Gasteiger partial charge in [-0.1, -0.05) is 438 Å². The zero-order chi connectivity index (χ0) is 98.8. The van der Waals surface area contributed by atoms with Gasteiger partial charge >= 0.3 is 0 Å². The van der Waals surface area contributed by atoms with E-state index in [1.54, 1.807) is 0 Å². The summed E-state index contributed by atoms with van der Waals surface area (Å²) < 4.78 is 16.8. The molecule has 9 heteroatoms. The fraction of sp³-hybridized carbons (Fsp3) is 0.0870. The Hall–Kier alpha value is -17.4. The van der Waals surface area contributed by atoms with Gasteiger partial charge in [0, 0.05) is 90.7 Å². The van der Waals surface area contributed by atoms with Crippen molar-refractivity contribution in [3.05, 3.63) is 490 Å². The van der Waals surface area contributed by atoms with Crippen LogP contribution in [-0.2, 0) is 16.2 Å². The zero-order valence-corrected chi connectivity index (χ0v) is 83.9. The van der Waals surface area contributed by atoms with Crippen LogP contribution in [0.2, 0.25) is 0 Å². The van der Waals surface area contributed by atoms with Gasteiger partial charge in [-0.2, -0.15) is 0 Å². The van der Waals surface area contributed by atoms with E-state index in [9.17, 15) is 0 Å². The smallest absolute Gasteiger partial charge is 0.260 e. The van der Waals surface area contributed by atoms with E-state index in [1.807, 2.05) is 0 Å². The number of fused-ring (bicyclic) bond motifs is 14. The molecule has 0 N–H and O–H groups in total. The van der Waals surface area contributed by atoms with Gasteiger partial charge in [0.2, 0.25) is 0 Å². The van der Waals surface area contributed by atoms with Crippen LogP contribution in [-0.4, -0.2) is 20.1 Å². The number of hydrogen-bond acceptors (Lipinski definition) is 6. The van der Waals surface area contributed by atoms with Crippen molar-refractivity contribution in [2.24, 2.45) is 0 Å². The van der Waals surface area contributed by atoms with Crippen LogP contribution < -0.4 is 78.2 Å². The van der Waals surface area contributed by atoms with E-state index in [2.05, 4.69) is 555 Å². The molecule has 6 aliphatic rings. The Morgan fingerprint density at radius 2 is 0.435 bits per heavy atom. The summed E-state index contributed by atoms with van der Waals surface area (Å²) in [7, 11) is 0. The molecule has 6 nitrogen and oxygen atoms in total. The highest BCUT2D eigenvalue weighted by atomic mass is 16.5. The normalized spacial score (nSPS) is 13.2. The zero-order valence-electron chi connectivity index (χ0n) is 83.9. The topological polar surface area (TPSA) is 31.4 Å².